The minimum Gasteiger partial charge on any atom is -0.311 e. The maximum Gasteiger partial charge on any atom is 0.0462 e. The molecule has 67 heavy (non-hydrogen) atoms. The van der Waals surface area contributed by atoms with E-state index in [1.807, 2.05) is 0 Å². The van der Waals surface area contributed by atoms with Crippen molar-refractivity contribution in [2.45, 2.75) is 12.8 Å². The highest BCUT2D eigenvalue weighted by molar-refractivity contribution is 5.84. The fourth-order valence-electron chi connectivity index (χ4n) is 8.45. The molecule has 0 fully saturated rings. The van der Waals surface area contributed by atoms with Crippen LogP contribution in [0.2, 0.25) is 0 Å². The molecule has 0 atom stereocenters. The molecule has 1 heteroatoms. The van der Waals surface area contributed by atoms with Gasteiger partial charge >= 0.3 is 0 Å². The smallest absolute Gasteiger partial charge is 0.0462 e. The lowest BCUT2D eigenvalue weighted by Gasteiger charge is -2.26. The topological polar surface area (TPSA) is 3.24 Å². The van der Waals surface area contributed by atoms with Gasteiger partial charge in [-0.05, 0) is 116 Å². The van der Waals surface area contributed by atoms with Gasteiger partial charge in [-0.2, -0.15) is 0 Å². The van der Waals surface area contributed by atoms with Gasteiger partial charge < -0.3 is 4.90 Å². The van der Waals surface area contributed by atoms with Gasteiger partial charge in [0.25, 0.3) is 0 Å². The summed E-state index contributed by atoms with van der Waals surface area (Å²) in [4.78, 5) is 2.35. The Morgan fingerprint density at radius 3 is 0.896 bits per heavy atom. The van der Waals surface area contributed by atoms with Crippen molar-refractivity contribution in [1.82, 2.24) is 0 Å². The van der Waals surface area contributed by atoms with E-state index in [0.29, 0.717) is 0 Å². The summed E-state index contributed by atoms with van der Waals surface area (Å²) in [5.41, 5.74) is 17.8. The number of hydrogen-bond acceptors (Lipinski definition) is 1. The standard InChI is InChI=1S/C66H53N/c1-7-25-55(26-8-1)64(56-27-9-2-10-28-56)37-19-22-52-40-46-61(47-41-52)67(62-48-42-53(43-49-62)23-20-38-65(57-29-11-3-12-30-57)58-31-13-4-14-32-58)63-50-44-54(45-51-63)24-21-39-66(59-33-15-5-16-34-59)60-35-17-6-18-36-60/h1-20,22-23,25-51H,21,24H2. The van der Waals surface area contributed by atoms with Crippen LogP contribution < -0.4 is 4.90 Å². The maximum absolute atomic E-state index is 2.39. The van der Waals surface area contributed by atoms with Crippen molar-refractivity contribution in [1.29, 1.82) is 0 Å². The molecule has 322 valence electrons. The number of hydrogen-bond donors (Lipinski definition) is 0. The van der Waals surface area contributed by atoms with Crippen molar-refractivity contribution >= 4 is 45.9 Å². The summed E-state index contributed by atoms with van der Waals surface area (Å²) in [7, 11) is 0. The van der Waals surface area contributed by atoms with Gasteiger partial charge in [-0.25, -0.2) is 0 Å². The molecule has 0 saturated heterocycles. The molecule has 0 bridgehead atoms. The molecule has 0 aliphatic rings. The summed E-state index contributed by atoms with van der Waals surface area (Å²) >= 11 is 0. The zero-order chi connectivity index (χ0) is 45.3. The largest absolute Gasteiger partial charge is 0.311 e. The molecular weight excluding hydrogens is 807 g/mol. The number of benzene rings is 9. The Hall–Kier alpha value is -8.52. The number of nitrogens with zero attached hydrogens (tertiary/aromatic N) is 1. The predicted molar refractivity (Wildman–Crippen MR) is 287 cm³/mol. The second-order valence-electron chi connectivity index (χ2n) is 16.4. The van der Waals surface area contributed by atoms with Gasteiger partial charge in [0.05, 0.1) is 0 Å². The Bertz CT molecular complexity index is 2800. The van der Waals surface area contributed by atoms with E-state index in [-0.39, 0.29) is 0 Å². The molecule has 0 saturated carbocycles. The van der Waals surface area contributed by atoms with Crippen LogP contribution >= 0.6 is 0 Å². The summed E-state index contributed by atoms with van der Waals surface area (Å²) in [6.07, 6.45) is 17.4. The highest BCUT2D eigenvalue weighted by Crippen LogP contribution is 2.36. The lowest BCUT2D eigenvalue weighted by Crippen LogP contribution is -2.10. The van der Waals surface area contributed by atoms with Crippen LogP contribution in [0.15, 0.2) is 285 Å². The zero-order valence-electron chi connectivity index (χ0n) is 37.7. The molecule has 0 spiro atoms. The third-order valence-corrected chi connectivity index (χ3v) is 11.9. The van der Waals surface area contributed by atoms with Crippen LogP contribution in [0.1, 0.15) is 56.5 Å². The van der Waals surface area contributed by atoms with Gasteiger partial charge in [0.2, 0.25) is 0 Å². The average Bonchev–Trinajstić information content (AvgIpc) is 3.41. The van der Waals surface area contributed by atoms with Crippen LogP contribution in [-0.2, 0) is 6.42 Å². The summed E-state index contributed by atoms with van der Waals surface area (Å²) in [5.74, 6) is 0. The Morgan fingerprint density at radius 2 is 0.582 bits per heavy atom. The highest BCUT2D eigenvalue weighted by atomic mass is 15.1. The monoisotopic (exact) mass is 859 g/mol. The van der Waals surface area contributed by atoms with Crippen molar-refractivity contribution in [2.24, 2.45) is 0 Å². The van der Waals surface area contributed by atoms with Gasteiger partial charge in [0.15, 0.2) is 0 Å². The molecule has 0 amide bonds. The van der Waals surface area contributed by atoms with Crippen LogP contribution in [0.25, 0.3) is 28.9 Å². The van der Waals surface area contributed by atoms with Crippen molar-refractivity contribution in [3.63, 3.8) is 0 Å². The molecule has 1 nitrogen and oxygen atoms in total. The Labute approximate surface area is 397 Å². The minimum atomic E-state index is 0.937. The van der Waals surface area contributed by atoms with Crippen molar-refractivity contribution in [2.75, 3.05) is 4.90 Å². The number of anilines is 3. The first-order chi connectivity index (χ1) is 33.2. The maximum atomic E-state index is 2.39. The Balaban J connectivity index is 0.985. The molecule has 0 aromatic heterocycles. The molecular formula is C66H53N. The third-order valence-electron chi connectivity index (χ3n) is 11.9. The first-order valence-electron chi connectivity index (χ1n) is 23.1. The van der Waals surface area contributed by atoms with Gasteiger partial charge in [-0.1, -0.05) is 261 Å². The zero-order valence-corrected chi connectivity index (χ0v) is 37.7. The number of rotatable bonds is 16. The van der Waals surface area contributed by atoms with Crippen molar-refractivity contribution in [3.8, 4) is 0 Å². The van der Waals surface area contributed by atoms with Gasteiger partial charge in [0.1, 0.15) is 0 Å². The Morgan fingerprint density at radius 1 is 0.299 bits per heavy atom. The fourth-order valence-corrected chi connectivity index (χ4v) is 8.45. The third kappa shape index (κ3) is 11.6. The summed E-state index contributed by atoms with van der Waals surface area (Å²) in [5, 5.41) is 0. The second-order valence-corrected chi connectivity index (χ2v) is 16.4. The lowest BCUT2D eigenvalue weighted by molar-refractivity contribution is 1.00. The molecule has 9 aromatic carbocycles. The fraction of sp³-hybridized carbons (Fsp3) is 0.0303. The van der Waals surface area contributed by atoms with Crippen molar-refractivity contribution < 1.29 is 0 Å². The minimum absolute atomic E-state index is 0.937. The molecule has 0 heterocycles. The van der Waals surface area contributed by atoms with E-state index in [1.165, 1.54) is 55.7 Å². The summed E-state index contributed by atoms with van der Waals surface area (Å²) in [6.45, 7) is 0. The normalized spacial score (nSPS) is 11.0. The van der Waals surface area contributed by atoms with Gasteiger partial charge in [-0.3, -0.25) is 0 Å². The van der Waals surface area contributed by atoms with E-state index in [0.717, 1.165) is 41.0 Å². The molecule has 9 rings (SSSR count). The van der Waals surface area contributed by atoms with Crippen LogP contribution in [0.3, 0.4) is 0 Å². The number of allylic oxidation sites excluding steroid dienone is 5. The van der Waals surface area contributed by atoms with Crippen LogP contribution in [0.4, 0.5) is 17.1 Å². The van der Waals surface area contributed by atoms with E-state index in [2.05, 4.69) is 302 Å². The Kier molecular flexibility index (Phi) is 14.6. The van der Waals surface area contributed by atoms with Gasteiger partial charge in [-0.15, -0.1) is 0 Å². The first kappa shape index (κ1) is 43.7. The van der Waals surface area contributed by atoms with Crippen LogP contribution in [0.5, 0.6) is 0 Å². The van der Waals surface area contributed by atoms with E-state index < -0.39 is 0 Å². The van der Waals surface area contributed by atoms with E-state index in [9.17, 15) is 0 Å². The summed E-state index contributed by atoms with van der Waals surface area (Å²) < 4.78 is 0. The molecule has 0 radical (unpaired) electrons. The second kappa shape index (κ2) is 22.4. The average molecular weight is 860 g/mol. The number of aryl methyl sites for hydroxylation is 1. The molecule has 0 aliphatic heterocycles. The van der Waals surface area contributed by atoms with Gasteiger partial charge in [0, 0.05) is 17.1 Å². The van der Waals surface area contributed by atoms with Crippen LogP contribution in [0, 0.1) is 0 Å². The SMILES string of the molecule is C(=Cc1ccc(N(c2ccc(C=CC=C(c3ccccc3)c3ccccc3)cc2)c2ccc(CCC=C(c3ccccc3)c3ccccc3)cc2)cc1)C=C(c1ccccc1)c1ccccc1. The van der Waals surface area contributed by atoms with E-state index in [1.54, 1.807) is 0 Å². The molecule has 9 aromatic rings. The lowest BCUT2D eigenvalue weighted by atomic mass is 9.96. The molecule has 0 aliphatic carbocycles. The van der Waals surface area contributed by atoms with E-state index >= 15 is 0 Å². The van der Waals surface area contributed by atoms with Crippen molar-refractivity contribution in [3.05, 3.63) is 335 Å². The van der Waals surface area contributed by atoms with E-state index in [4.69, 9.17) is 0 Å². The van der Waals surface area contributed by atoms with Crippen LogP contribution in [-0.4, -0.2) is 0 Å². The molecule has 0 N–H and O–H groups in total. The summed E-state index contributed by atoms with van der Waals surface area (Å²) in [6, 6.07) is 90.5. The first-order valence-corrected chi connectivity index (χ1v) is 23.1. The predicted octanol–water partition coefficient (Wildman–Crippen LogP) is 17.5. The molecule has 0 unspecified atom stereocenters. The highest BCUT2D eigenvalue weighted by Gasteiger charge is 2.13. The quantitative estimate of drug-likeness (QED) is 0.0875.